The molecule has 3 rings (SSSR count). The first-order chi connectivity index (χ1) is 16.3. The van der Waals surface area contributed by atoms with Crippen molar-refractivity contribution >= 4 is 52.6 Å². The molecule has 7 nitrogen and oxygen atoms in total. The lowest BCUT2D eigenvalue weighted by Crippen LogP contribution is -2.33. The zero-order chi connectivity index (χ0) is 24.7. The highest BCUT2D eigenvalue weighted by atomic mass is 35.5. The Balaban J connectivity index is 1.87. The number of carbonyl (C=O) groups excluding carboxylic acids is 3. The zero-order valence-electron chi connectivity index (χ0n) is 18.6. The third-order valence-corrected chi connectivity index (χ3v) is 5.52. The minimum atomic E-state index is -0.496. The van der Waals surface area contributed by atoms with Gasteiger partial charge in [-0.05, 0) is 42.0 Å². The summed E-state index contributed by atoms with van der Waals surface area (Å²) in [5.41, 5.74) is 1.71. The van der Waals surface area contributed by atoms with Crippen LogP contribution in [0.1, 0.15) is 33.0 Å². The number of benzene rings is 2. The minimum absolute atomic E-state index is 0.0290. The summed E-state index contributed by atoms with van der Waals surface area (Å²) in [6, 6.07) is 13.5. The van der Waals surface area contributed by atoms with E-state index in [2.05, 4.69) is 9.97 Å². The molecule has 34 heavy (non-hydrogen) atoms. The number of anilines is 1. The van der Waals surface area contributed by atoms with Crippen LogP contribution < -0.4 is 4.90 Å². The van der Waals surface area contributed by atoms with Crippen molar-refractivity contribution in [3.8, 4) is 0 Å². The molecule has 2 aromatic carbocycles. The Morgan fingerprint density at radius 2 is 1.68 bits per heavy atom. The quantitative estimate of drug-likeness (QED) is 0.330. The number of aromatic nitrogens is 2. The minimum Gasteiger partial charge on any atom is -0.345 e. The molecule has 0 radical (unpaired) electrons. The summed E-state index contributed by atoms with van der Waals surface area (Å²) in [6.07, 6.45) is 6.02. The fourth-order valence-electron chi connectivity index (χ4n) is 3.08. The molecule has 0 bridgehead atoms. The van der Waals surface area contributed by atoms with Crippen LogP contribution >= 0.6 is 23.2 Å². The van der Waals surface area contributed by atoms with Gasteiger partial charge in [-0.25, -0.2) is 9.97 Å². The zero-order valence-corrected chi connectivity index (χ0v) is 20.1. The molecular weight excluding hydrogens is 475 g/mol. The Labute approximate surface area is 207 Å². The summed E-state index contributed by atoms with van der Waals surface area (Å²) in [6.45, 7) is 0.154. The van der Waals surface area contributed by atoms with Crippen LogP contribution in [0.3, 0.4) is 0 Å². The van der Waals surface area contributed by atoms with Crippen molar-refractivity contribution in [2.45, 2.75) is 6.42 Å². The number of hydrogen-bond donors (Lipinski definition) is 0. The van der Waals surface area contributed by atoms with E-state index in [1.54, 1.807) is 74.8 Å². The van der Waals surface area contributed by atoms with Crippen molar-refractivity contribution in [1.29, 1.82) is 0 Å². The molecule has 3 aromatic rings. The third kappa shape index (κ3) is 6.50. The number of Topliss-reactive ketones (excluding diaryl/α,β-unsaturated/α-hetero) is 1. The predicted octanol–water partition coefficient (Wildman–Crippen LogP) is 4.80. The molecule has 174 valence electrons. The largest absolute Gasteiger partial charge is 0.345 e. The molecule has 1 heterocycles. The van der Waals surface area contributed by atoms with Crippen LogP contribution in [0.2, 0.25) is 10.0 Å². The Morgan fingerprint density at radius 1 is 0.941 bits per heavy atom. The van der Waals surface area contributed by atoms with Crippen molar-refractivity contribution in [2.24, 2.45) is 0 Å². The van der Waals surface area contributed by atoms with Crippen molar-refractivity contribution in [2.75, 3.05) is 25.5 Å². The van der Waals surface area contributed by atoms with Crippen molar-refractivity contribution in [3.63, 3.8) is 0 Å². The van der Waals surface area contributed by atoms with Crippen LogP contribution in [0.4, 0.5) is 5.69 Å². The molecule has 0 aliphatic heterocycles. The average molecular weight is 497 g/mol. The molecule has 2 amide bonds. The summed E-state index contributed by atoms with van der Waals surface area (Å²) < 4.78 is 0. The Kier molecular flexibility index (Phi) is 8.51. The number of carbonyl (C=O) groups is 3. The van der Waals surface area contributed by atoms with E-state index in [1.165, 1.54) is 22.2 Å². The topological polar surface area (TPSA) is 83.5 Å². The highest BCUT2D eigenvalue weighted by Crippen LogP contribution is 2.23. The van der Waals surface area contributed by atoms with Crippen LogP contribution in [0.5, 0.6) is 0 Å². The average Bonchev–Trinajstić information content (AvgIpc) is 2.84. The van der Waals surface area contributed by atoms with Gasteiger partial charge in [-0.3, -0.25) is 14.4 Å². The highest BCUT2D eigenvalue weighted by molar-refractivity contribution is 6.42. The second-order valence-corrected chi connectivity index (χ2v) is 8.32. The SMILES string of the molecule is CN(C)C(=O)c1cccc(N(C/C=C/c2ccc(Cl)c(Cl)c2)C(=O)CC(=O)c2ncccn2)c1. The number of ketones is 1. The van der Waals surface area contributed by atoms with Crippen LogP contribution in [0, 0.1) is 0 Å². The summed E-state index contributed by atoms with van der Waals surface area (Å²) in [7, 11) is 3.30. The highest BCUT2D eigenvalue weighted by Gasteiger charge is 2.21. The summed E-state index contributed by atoms with van der Waals surface area (Å²) >= 11 is 12.0. The standard InChI is InChI=1S/C25H22Cl2N4O3/c1-30(2)25(34)18-7-3-8-19(15-18)31(13-4-6-17-9-10-20(26)21(27)14-17)23(33)16-22(32)24-28-11-5-12-29-24/h3-12,14-15H,13,16H2,1-2H3/b6-4+. The third-order valence-electron chi connectivity index (χ3n) is 4.78. The maximum atomic E-state index is 13.2. The van der Waals surface area contributed by atoms with Crippen molar-refractivity contribution in [3.05, 3.63) is 94.0 Å². The molecule has 0 spiro atoms. The van der Waals surface area contributed by atoms with Gasteiger partial charge in [0.1, 0.15) is 0 Å². The van der Waals surface area contributed by atoms with Crippen molar-refractivity contribution < 1.29 is 14.4 Å². The Morgan fingerprint density at radius 3 is 2.35 bits per heavy atom. The lowest BCUT2D eigenvalue weighted by Gasteiger charge is -2.22. The normalized spacial score (nSPS) is 10.8. The van der Waals surface area contributed by atoms with Gasteiger partial charge >= 0.3 is 0 Å². The van der Waals surface area contributed by atoms with E-state index in [0.717, 1.165) is 5.56 Å². The van der Waals surface area contributed by atoms with E-state index in [9.17, 15) is 14.4 Å². The van der Waals surface area contributed by atoms with Gasteiger partial charge in [0.05, 0.1) is 16.5 Å². The van der Waals surface area contributed by atoms with Gasteiger partial charge in [0.2, 0.25) is 11.7 Å². The molecule has 0 saturated heterocycles. The molecule has 0 atom stereocenters. The smallest absolute Gasteiger partial charge is 0.253 e. The van der Waals surface area contributed by atoms with Crippen LogP contribution in [-0.4, -0.2) is 53.1 Å². The molecule has 1 aromatic heterocycles. The van der Waals surface area contributed by atoms with E-state index in [4.69, 9.17) is 23.2 Å². The molecule has 0 saturated carbocycles. The monoisotopic (exact) mass is 496 g/mol. The van der Waals surface area contributed by atoms with Crippen molar-refractivity contribution in [1.82, 2.24) is 14.9 Å². The van der Waals surface area contributed by atoms with E-state index >= 15 is 0 Å². The number of hydrogen-bond acceptors (Lipinski definition) is 5. The van der Waals surface area contributed by atoms with Gasteiger partial charge in [-0.1, -0.05) is 47.5 Å². The molecule has 9 heteroatoms. The number of nitrogens with zero attached hydrogens (tertiary/aromatic N) is 4. The maximum absolute atomic E-state index is 13.2. The van der Waals surface area contributed by atoms with Gasteiger partial charge in [0.15, 0.2) is 5.82 Å². The van der Waals surface area contributed by atoms with Gasteiger partial charge in [-0.2, -0.15) is 0 Å². The second-order valence-electron chi connectivity index (χ2n) is 7.50. The summed E-state index contributed by atoms with van der Waals surface area (Å²) in [5, 5.41) is 0.861. The van der Waals surface area contributed by atoms with Gasteiger partial charge in [0, 0.05) is 44.3 Å². The molecule has 0 N–H and O–H groups in total. The fraction of sp³-hybridized carbons (Fsp3) is 0.160. The Hall–Kier alpha value is -3.55. The van der Waals surface area contributed by atoms with E-state index < -0.39 is 18.1 Å². The van der Waals surface area contributed by atoms with Crippen LogP contribution in [0.15, 0.2) is 67.0 Å². The van der Waals surface area contributed by atoms with E-state index in [1.807, 2.05) is 0 Å². The van der Waals surface area contributed by atoms with Crippen LogP contribution in [0.25, 0.3) is 6.08 Å². The lowest BCUT2D eigenvalue weighted by molar-refractivity contribution is -0.117. The first-order valence-electron chi connectivity index (χ1n) is 10.3. The van der Waals surface area contributed by atoms with E-state index in [-0.39, 0.29) is 18.3 Å². The fourth-order valence-corrected chi connectivity index (χ4v) is 3.39. The second kappa shape index (κ2) is 11.5. The van der Waals surface area contributed by atoms with Crippen LogP contribution in [-0.2, 0) is 4.79 Å². The summed E-state index contributed by atoms with van der Waals surface area (Å²) in [5.74, 6) is -1.18. The van der Waals surface area contributed by atoms with E-state index in [0.29, 0.717) is 21.3 Å². The molecule has 0 aliphatic rings. The molecule has 0 aliphatic carbocycles. The first-order valence-corrected chi connectivity index (χ1v) is 11.1. The molecule has 0 unspecified atom stereocenters. The lowest BCUT2D eigenvalue weighted by atomic mass is 10.1. The summed E-state index contributed by atoms with van der Waals surface area (Å²) in [4.78, 5) is 48.9. The maximum Gasteiger partial charge on any atom is 0.253 e. The van der Waals surface area contributed by atoms with Gasteiger partial charge in [0.25, 0.3) is 5.91 Å². The number of halogens is 2. The number of amides is 2. The molecular formula is C25H22Cl2N4O3. The number of rotatable bonds is 8. The molecule has 0 fully saturated rings. The Bertz CT molecular complexity index is 1230. The van der Waals surface area contributed by atoms with Gasteiger partial charge in [-0.15, -0.1) is 0 Å². The first kappa shape index (κ1) is 25.1. The van der Waals surface area contributed by atoms with Gasteiger partial charge < -0.3 is 9.80 Å². The predicted molar refractivity (Wildman–Crippen MR) is 133 cm³/mol.